The monoisotopic (exact) mass is 203 g/mol. The molecule has 15 heavy (non-hydrogen) atoms. The minimum absolute atomic E-state index is 0.328. The summed E-state index contributed by atoms with van der Waals surface area (Å²) in [5.74, 6) is 0.328. The SMILES string of the molecule is N#CC1(c2cc(OC(N)=O)ccn2)CC1. The maximum absolute atomic E-state index is 10.5. The summed E-state index contributed by atoms with van der Waals surface area (Å²) in [6.07, 6.45) is 2.24. The van der Waals surface area contributed by atoms with Crippen molar-refractivity contribution in [1.29, 1.82) is 5.26 Å². The summed E-state index contributed by atoms with van der Waals surface area (Å²) < 4.78 is 4.71. The van der Waals surface area contributed by atoms with Gasteiger partial charge in [-0.05, 0) is 18.9 Å². The second kappa shape index (κ2) is 3.24. The largest absolute Gasteiger partial charge is 0.410 e. The average Bonchev–Trinajstić information content (AvgIpc) is 2.97. The van der Waals surface area contributed by atoms with Crippen molar-refractivity contribution in [3.63, 3.8) is 0 Å². The van der Waals surface area contributed by atoms with Gasteiger partial charge in [0.2, 0.25) is 0 Å². The van der Waals surface area contributed by atoms with Gasteiger partial charge in [0.25, 0.3) is 0 Å². The van der Waals surface area contributed by atoms with Crippen molar-refractivity contribution in [2.24, 2.45) is 5.73 Å². The van der Waals surface area contributed by atoms with E-state index in [1.165, 1.54) is 12.3 Å². The lowest BCUT2D eigenvalue weighted by Crippen LogP contribution is -2.16. The van der Waals surface area contributed by atoms with Crippen molar-refractivity contribution >= 4 is 6.09 Å². The molecule has 0 spiro atoms. The Bertz CT molecular complexity index is 446. The fourth-order valence-electron chi connectivity index (χ4n) is 1.40. The van der Waals surface area contributed by atoms with E-state index in [0.717, 1.165) is 12.8 Å². The molecule has 1 aliphatic carbocycles. The summed E-state index contributed by atoms with van der Waals surface area (Å²) in [4.78, 5) is 14.6. The van der Waals surface area contributed by atoms with Gasteiger partial charge >= 0.3 is 6.09 Å². The molecule has 0 saturated heterocycles. The number of hydrogen-bond acceptors (Lipinski definition) is 4. The van der Waals surface area contributed by atoms with E-state index in [9.17, 15) is 4.79 Å². The zero-order valence-corrected chi connectivity index (χ0v) is 7.93. The van der Waals surface area contributed by atoms with Gasteiger partial charge in [-0.2, -0.15) is 5.26 Å². The van der Waals surface area contributed by atoms with Gasteiger partial charge in [-0.25, -0.2) is 4.79 Å². The van der Waals surface area contributed by atoms with E-state index in [1.54, 1.807) is 6.07 Å². The molecule has 1 aromatic heterocycles. The molecule has 76 valence electrons. The topological polar surface area (TPSA) is 89.0 Å². The Kier molecular flexibility index (Phi) is 2.05. The molecule has 5 nitrogen and oxygen atoms in total. The highest BCUT2D eigenvalue weighted by atomic mass is 16.5. The van der Waals surface area contributed by atoms with Crippen molar-refractivity contribution < 1.29 is 9.53 Å². The molecule has 1 aliphatic rings. The predicted molar refractivity (Wildman–Crippen MR) is 51.0 cm³/mol. The molecule has 0 radical (unpaired) electrons. The van der Waals surface area contributed by atoms with E-state index in [0.29, 0.717) is 11.4 Å². The quantitative estimate of drug-likeness (QED) is 0.779. The lowest BCUT2D eigenvalue weighted by atomic mass is 10.0. The zero-order chi connectivity index (χ0) is 10.9. The Morgan fingerprint density at radius 3 is 2.93 bits per heavy atom. The van der Waals surface area contributed by atoms with Gasteiger partial charge in [0.05, 0.1) is 17.2 Å². The van der Waals surface area contributed by atoms with Crippen LogP contribution in [0.4, 0.5) is 4.79 Å². The number of pyridine rings is 1. The smallest absolute Gasteiger partial charge is 0.409 e. The number of hydrogen-bond donors (Lipinski definition) is 1. The maximum Gasteiger partial charge on any atom is 0.409 e. The molecule has 1 saturated carbocycles. The van der Waals surface area contributed by atoms with E-state index in [4.69, 9.17) is 15.7 Å². The van der Waals surface area contributed by atoms with Crippen LogP contribution in [0.1, 0.15) is 18.5 Å². The van der Waals surface area contributed by atoms with Crippen LogP contribution >= 0.6 is 0 Å². The molecule has 1 fully saturated rings. The Labute approximate surface area is 86.5 Å². The third-order valence-corrected chi connectivity index (χ3v) is 2.40. The van der Waals surface area contributed by atoms with Crippen LogP contribution < -0.4 is 10.5 Å². The van der Waals surface area contributed by atoms with Crippen molar-refractivity contribution in [2.75, 3.05) is 0 Å². The molecule has 5 heteroatoms. The van der Waals surface area contributed by atoms with E-state index < -0.39 is 11.5 Å². The number of rotatable bonds is 2. The molecule has 1 heterocycles. The predicted octanol–water partition coefficient (Wildman–Crippen LogP) is 1.09. The van der Waals surface area contributed by atoms with Gasteiger partial charge in [0.15, 0.2) is 0 Å². The summed E-state index contributed by atoms with van der Waals surface area (Å²) >= 11 is 0. The van der Waals surface area contributed by atoms with Crippen molar-refractivity contribution in [1.82, 2.24) is 4.98 Å². The third kappa shape index (κ3) is 1.74. The first kappa shape index (κ1) is 9.46. The second-order valence-corrected chi connectivity index (χ2v) is 3.49. The van der Waals surface area contributed by atoms with E-state index in [2.05, 4.69) is 11.1 Å². The molecule has 0 atom stereocenters. The summed E-state index contributed by atoms with van der Waals surface area (Å²) in [6, 6.07) is 5.33. The molecule has 0 aromatic carbocycles. The number of ether oxygens (including phenoxy) is 1. The van der Waals surface area contributed by atoms with Crippen LogP contribution in [0.5, 0.6) is 5.75 Å². The summed E-state index contributed by atoms with van der Waals surface area (Å²) in [5.41, 5.74) is 5.05. The number of aromatic nitrogens is 1. The van der Waals surface area contributed by atoms with E-state index in [-0.39, 0.29) is 0 Å². The molecule has 1 aromatic rings. The standard InChI is InChI=1S/C10H9N3O2/c11-6-10(2-3-10)8-5-7(1-4-13-8)15-9(12)14/h1,4-5H,2-3H2,(H2,12,14). The molecule has 2 N–H and O–H groups in total. The van der Waals surface area contributed by atoms with Crippen molar-refractivity contribution in [2.45, 2.75) is 18.3 Å². The lowest BCUT2D eigenvalue weighted by molar-refractivity contribution is 0.211. The maximum atomic E-state index is 10.5. The lowest BCUT2D eigenvalue weighted by Gasteiger charge is -2.06. The molecule has 0 bridgehead atoms. The van der Waals surface area contributed by atoms with Crippen LogP contribution in [0.3, 0.4) is 0 Å². The number of amides is 1. The molecular formula is C10H9N3O2. The fourth-order valence-corrected chi connectivity index (χ4v) is 1.40. The normalized spacial score (nSPS) is 16.5. The van der Waals surface area contributed by atoms with Gasteiger partial charge in [-0.3, -0.25) is 4.98 Å². The Morgan fingerprint density at radius 1 is 1.67 bits per heavy atom. The molecule has 0 aliphatic heterocycles. The van der Waals surface area contributed by atoms with Gasteiger partial charge in [-0.1, -0.05) is 0 Å². The number of nitriles is 1. The van der Waals surface area contributed by atoms with Gasteiger partial charge in [0.1, 0.15) is 5.75 Å². The molecule has 1 amide bonds. The molecular weight excluding hydrogens is 194 g/mol. The highest BCUT2D eigenvalue weighted by molar-refractivity contribution is 5.68. The zero-order valence-electron chi connectivity index (χ0n) is 7.93. The van der Waals surface area contributed by atoms with Gasteiger partial charge in [0, 0.05) is 12.3 Å². The van der Waals surface area contributed by atoms with E-state index in [1.807, 2.05) is 0 Å². The number of carbonyl (C=O) groups is 1. The summed E-state index contributed by atoms with van der Waals surface area (Å²) in [5, 5.41) is 8.96. The first-order chi connectivity index (χ1) is 7.16. The van der Waals surface area contributed by atoms with Crippen LogP contribution in [0.2, 0.25) is 0 Å². The van der Waals surface area contributed by atoms with Crippen molar-refractivity contribution in [3.8, 4) is 11.8 Å². The van der Waals surface area contributed by atoms with E-state index >= 15 is 0 Å². The first-order valence-electron chi connectivity index (χ1n) is 4.51. The van der Waals surface area contributed by atoms with Crippen LogP contribution in [-0.2, 0) is 5.41 Å². The first-order valence-corrected chi connectivity index (χ1v) is 4.51. The summed E-state index contributed by atoms with van der Waals surface area (Å²) in [7, 11) is 0. The van der Waals surface area contributed by atoms with Gasteiger partial charge < -0.3 is 10.5 Å². The highest BCUT2D eigenvalue weighted by Gasteiger charge is 2.46. The molecule has 0 unspecified atom stereocenters. The fraction of sp³-hybridized carbons (Fsp3) is 0.300. The number of primary amides is 1. The number of nitrogens with zero attached hydrogens (tertiary/aromatic N) is 2. The highest BCUT2D eigenvalue weighted by Crippen LogP contribution is 2.47. The van der Waals surface area contributed by atoms with Crippen molar-refractivity contribution in [3.05, 3.63) is 24.0 Å². The molecule has 2 rings (SSSR count). The van der Waals surface area contributed by atoms with Crippen LogP contribution in [-0.4, -0.2) is 11.1 Å². The van der Waals surface area contributed by atoms with Crippen LogP contribution in [0.25, 0.3) is 0 Å². The van der Waals surface area contributed by atoms with Crippen LogP contribution in [0.15, 0.2) is 18.3 Å². The Morgan fingerprint density at radius 2 is 2.40 bits per heavy atom. The average molecular weight is 203 g/mol. The third-order valence-electron chi connectivity index (χ3n) is 2.40. The minimum atomic E-state index is -0.867. The number of carbonyl (C=O) groups excluding carboxylic acids is 1. The Hall–Kier alpha value is -2.09. The second-order valence-electron chi connectivity index (χ2n) is 3.49. The minimum Gasteiger partial charge on any atom is -0.410 e. The number of nitrogens with two attached hydrogens (primary N) is 1. The van der Waals surface area contributed by atoms with Gasteiger partial charge in [-0.15, -0.1) is 0 Å². The summed E-state index contributed by atoms with van der Waals surface area (Å²) in [6.45, 7) is 0. The Balaban J connectivity index is 2.28. The van der Waals surface area contributed by atoms with Crippen LogP contribution in [0, 0.1) is 11.3 Å².